The van der Waals surface area contributed by atoms with Crippen LogP contribution in [0.5, 0.6) is 0 Å². The van der Waals surface area contributed by atoms with Crippen molar-refractivity contribution in [3.05, 3.63) is 54.3 Å². The number of thioether (sulfide) groups is 1. The van der Waals surface area contributed by atoms with Gasteiger partial charge in [0.15, 0.2) is 0 Å². The molecular formula is C21H21FN4O4S2. The summed E-state index contributed by atoms with van der Waals surface area (Å²) in [5.41, 5.74) is 0.745. The van der Waals surface area contributed by atoms with Crippen LogP contribution in [0.2, 0.25) is 0 Å². The van der Waals surface area contributed by atoms with E-state index in [1.165, 1.54) is 16.4 Å². The Kier molecular flexibility index (Phi) is 6.58. The summed E-state index contributed by atoms with van der Waals surface area (Å²) in [4.78, 5) is 13.7. The summed E-state index contributed by atoms with van der Waals surface area (Å²) in [6.07, 6.45) is 2.69. The molecule has 0 bridgehead atoms. The van der Waals surface area contributed by atoms with E-state index in [1.54, 1.807) is 11.8 Å². The Morgan fingerprint density at radius 2 is 1.75 bits per heavy atom. The zero-order chi connectivity index (χ0) is 22.7. The quantitative estimate of drug-likeness (QED) is 0.542. The molecule has 2 heterocycles. The number of rotatable bonds is 6. The number of nitrogens with zero attached hydrogens (tertiary/aromatic N) is 3. The molecule has 3 aromatic rings. The fourth-order valence-corrected chi connectivity index (χ4v) is 5.32. The van der Waals surface area contributed by atoms with E-state index in [-0.39, 0.29) is 35.8 Å². The molecule has 8 nitrogen and oxygen atoms in total. The van der Waals surface area contributed by atoms with Crippen LogP contribution in [0.3, 0.4) is 0 Å². The molecule has 1 fully saturated rings. The fraction of sp³-hybridized carbons (Fsp3) is 0.286. The zero-order valence-corrected chi connectivity index (χ0v) is 18.8. The molecule has 0 unspecified atom stereocenters. The number of sulfonamides is 1. The van der Waals surface area contributed by atoms with Crippen LogP contribution in [-0.4, -0.2) is 48.2 Å². The number of piperidine rings is 1. The van der Waals surface area contributed by atoms with Crippen LogP contribution in [0, 0.1) is 11.7 Å². The molecule has 1 aromatic heterocycles. The maximum Gasteiger partial charge on any atom is 0.322 e. The molecule has 168 valence electrons. The van der Waals surface area contributed by atoms with Crippen LogP contribution in [0.25, 0.3) is 11.5 Å². The molecular weight excluding hydrogens is 455 g/mol. The third-order valence-corrected chi connectivity index (χ3v) is 7.92. The first kappa shape index (κ1) is 22.4. The molecule has 1 saturated heterocycles. The zero-order valence-electron chi connectivity index (χ0n) is 17.2. The van der Waals surface area contributed by atoms with Gasteiger partial charge in [-0.15, -0.1) is 16.9 Å². The lowest BCUT2D eigenvalue weighted by atomic mass is 9.97. The van der Waals surface area contributed by atoms with E-state index < -0.39 is 15.8 Å². The van der Waals surface area contributed by atoms with Gasteiger partial charge in [-0.2, -0.15) is 4.31 Å². The highest BCUT2D eigenvalue weighted by molar-refractivity contribution is 7.98. The first-order valence-electron chi connectivity index (χ1n) is 9.91. The van der Waals surface area contributed by atoms with Gasteiger partial charge in [-0.3, -0.25) is 10.1 Å². The third kappa shape index (κ3) is 4.84. The summed E-state index contributed by atoms with van der Waals surface area (Å²) in [7, 11) is -3.73. The van der Waals surface area contributed by atoms with Crippen molar-refractivity contribution in [1.82, 2.24) is 14.5 Å². The molecule has 0 spiro atoms. The van der Waals surface area contributed by atoms with Crippen LogP contribution in [0.1, 0.15) is 12.8 Å². The largest absolute Gasteiger partial charge is 0.403 e. The first-order valence-corrected chi connectivity index (χ1v) is 12.6. The second-order valence-electron chi connectivity index (χ2n) is 7.26. The molecule has 1 aliphatic heterocycles. The Morgan fingerprint density at radius 1 is 1.09 bits per heavy atom. The standard InChI is InChI=1S/C21H21FN4O4S2/c1-31-17-6-2-15(3-7-17)20-24-25-21(30-20)23-19(27)14-10-12-26(13-11-14)32(28,29)18-8-4-16(22)5-9-18/h2-9,14H,10-13H2,1H3,(H,23,25,27). The Hall–Kier alpha value is -2.76. The molecule has 1 N–H and O–H groups in total. The average Bonchev–Trinajstić information content (AvgIpc) is 3.28. The summed E-state index contributed by atoms with van der Waals surface area (Å²) >= 11 is 1.62. The van der Waals surface area contributed by atoms with Gasteiger partial charge in [-0.05, 0) is 67.6 Å². The number of aromatic nitrogens is 2. The minimum atomic E-state index is -3.73. The van der Waals surface area contributed by atoms with Gasteiger partial charge in [-0.1, -0.05) is 5.10 Å². The van der Waals surface area contributed by atoms with Crippen LogP contribution in [-0.2, 0) is 14.8 Å². The minimum absolute atomic E-state index is 0.000284. The average molecular weight is 477 g/mol. The third-order valence-electron chi connectivity index (χ3n) is 5.27. The predicted molar refractivity (Wildman–Crippen MR) is 118 cm³/mol. The normalized spacial score (nSPS) is 15.6. The second kappa shape index (κ2) is 9.39. The monoisotopic (exact) mass is 476 g/mol. The summed E-state index contributed by atoms with van der Waals surface area (Å²) in [5.74, 6) is -0.878. The number of carbonyl (C=O) groups excluding carboxylic acids is 1. The van der Waals surface area contributed by atoms with Crippen LogP contribution < -0.4 is 5.32 Å². The minimum Gasteiger partial charge on any atom is -0.403 e. The van der Waals surface area contributed by atoms with Crippen molar-refractivity contribution in [2.45, 2.75) is 22.6 Å². The fourth-order valence-electron chi connectivity index (χ4n) is 3.45. The van der Waals surface area contributed by atoms with Crippen molar-refractivity contribution in [3.8, 4) is 11.5 Å². The molecule has 0 saturated carbocycles. The highest BCUT2D eigenvalue weighted by Crippen LogP contribution is 2.26. The SMILES string of the molecule is CSc1ccc(-c2nnc(NC(=O)C3CCN(S(=O)(=O)c4ccc(F)cc4)CC3)o2)cc1. The van der Waals surface area contributed by atoms with Gasteiger partial charge in [0.05, 0.1) is 4.90 Å². The molecule has 1 amide bonds. The van der Waals surface area contributed by atoms with E-state index >= 15 is 0 Å². The Balaban J connectivity index is 1.35. The van der Waals surface area contributed by atoms with Crippen molar-refractivity contribution in [1.29, 1.82) is 0 Å². The van der Waals surface area contributed by atoms with Gasteiger partial charge in [0.25, 0.3) is 0 Å². The van der Waals surface area contributed by atoms with Crippen LogP contribution in [0.15, 0.2) is 62.7 Å². The van der Waals surface area contributed by atoms with Gasteiger partial charge < -0.3 is 4.42 Å². The van der Waals surface area contributed by atoms with Crippen molar-refractivity contribution in [3.63, 3.8) is 0 Å². The topological polar surface area (TPSA) is 105 Å². The highest BCUT2D eigenvalue weighted by atomic mass is 32.2. The number of anilines is 1. The van der Waals surface area contributed by atoms with E-state index in [4.69, 9.17) is 4.42 Å². The van der Waals surface area contributed by atoms with Crippen molar-refractivity contribution in [2.24, 2.45) is 5.92 Å². The van der Waals surface area contributed by atoms with Gasteiger partial charge >= 0.3 is 6.01 Å². The second-order valence-corrected chi connectivity index (χ2v) is 10.1. The number of carbonyl (C=O) groups is 1. The maximum atomic E-state index is 13.1. The lowest BCUT2D eigenvalue weighted by molar-refractivity contribution is -0.121. The lowest BCUT2D eigenvalue weighted by Crippen LogP contribution is -2.41. The number of hydrogen-bond acceptors (Lipinski definition) is 7. The molecule has 2 aromatic carbocycles. The highest BCUT2D eigenvalue weighted by Gasteiger charge is 2.32. The number of benzene rings is 2. The van der Waals surface area contributed by atoms with E-state index in [1.807, 2.05) is 30.5 Å². The van der Waals surface area contributed by atoms with E-state index in [0.29, 0.717) is 18.7 Å². The molecule has 1 aliphatic rings. The molecule has 0 aliphatic carbocycles. The summed E-state index contributed by atoms with van der Waals surface area (Å²) in [6, 6.07) is 12.3. The smallest absolute Gasteiger partial charge is 0.322 e. The van der Waals surface area contributed by atoms with Crippen LogP contribution >= 0.6 is 11.8 Å². The van der Waals surface area contributed by atoms with E-state index in [2.05, 4.69) is 15.5 Å². The van der Waals surface area contributed by atoms with Crippen molar-refractivity contribution < 1.29 is 22.0 Å². The Bertz CT molecular complexity index is 1190. The van der Waals surface area contributed by atoms with Gasteiger partial charge in [0.2, 0.25) is 21.8 Å². The van der Waals surface area contributed by atoms with E-state index in [9.17, 15) is 17.6 Å². The Labute approximate surface area is 189 Å². The molecule has 4 rings (SSSR count). The molecule has 32 heavy (non-hydrogen) atoms. The van der Waals surface area contributed by atoms with Crippen molar-refractivity contribution in [2.75, 3.05) is 24.7 Å². The van der Waals surface area contributed by atoms with E-state index in [0.717, 1.165) is 22.6 Å². The predicted octanol–water partition coefficient (Wildman–Crippen LogP) is 3.64. The molecule has 0 radical (unpaired) electrons. The van der Waals surface area contributed by atoms with Gasteiger partial charge in [0.1, 0.15) is 5.82 Å². The molecule has 0 atom stereocenters. The van der Waals surface area contributed by atoms with Crippen molar-refractivity contribution >= 4 is 33.7 Å². The number of halogens is 1. The first-order chi connectivity index (χ1) is 15.4. The van der Waals surface area contributed by atoms with Crippen LogP contribution in [0.4, 0.5) is 10.4 Å². The summed E-state index contributed by atoms with van der Waals surface area (Å²) < 4.78 is 45.4. The number of nitrogens with one attached hydrogen (secondary N) is 1. The van der Waals surface area contributed by atoms with Gasteiger partial charge in [-0.25, -0.2) is 12.8 Å². The number of hydrogen-bond donors (Lipinski definition) is 1. The summed E-state index contributed by atoms with van der Waals surface area (Å²) in [5, 5.41) is 10.5. The summed E-state index contributed by atoms with van der Waals surface area (Å²) in [6.45, 7) is 0.378. The lowest BCUT2D eigenvalue weighted by Gasteiger charge is -2.30. The number of amides is 1. The van der Waals surface area contributed by atoms with Gasteiger partial charge in [0, 0.05) is 29.5 Å². The maximum absolute atomic E-state index is 13.1. The molecule has 11 heteroatoms. The Morgan fingerprint density at radius 3 is 2.38 bits per heavy atom.